The van der Waals surface area contributed by atoms with Crippen LogP contribution in [0.2, 0.25) is 0 Å². The van der Waals surface area contributed by atoms with Gasteiger partial charge < -0.3 is 87.6 Å². The number of rotatable bonds is 32. The number of amides is 4. The van der Waals surface area contributed by atoms with Crippen molar-refractivity contribution < 1.29 is 129 Å². The number of benzene rings is 2. The van der Waals surface area contributed by atoms with Crippen molar-refractivity contribution in [3.05, 3.63) is 83.4 Å². The molecule has 12 atom stereocenters. The Labute approximate surface area is 583 Å². The van der Waals surface area contributed by atoms with Crippen LogP contribution in [0.5, 0.6) is 0 Å². The topological polar surface area (TPSA) is 461 Å². The van der Waals surface area contributed by atoms with Crippen LogP contribution >= 0.6 is 0 Å². The Morgan fingerprint density at radius 2 is 0.873 bits per heavy atom. The summed E-state index contributed by atoms with van der Waals surface area (Å²) < 4.78 is 80.6. The first-order chi connectivity index (χ1) is 48.3. The number of hydrogen-bond donors (Lipinski definition) is 4. The lowest BCUT2D eigenvalue weighted by Gasteiger charge is -2.44. The summed E-state index contributed by atoms with van der Waals surface area (Å²) in [7, 11) is 0. The van der Waals surface area contributed by atoms with Crippen molar-refractivity contribution >= 4 is 77.5 Å². The van der Waals surface area contributed by atoms with Crippen molar-refractivity contribution in [3.8, 4) is 11.1 Å². The number of alkyl carbamates (subject to hydrolysis) is 1. The maximum atomic E-state index is 14.3. The highest BCUT2D eigenvalue weighted by molar-refractivity contribution is 5.94. The van der Waals surface area contributed by atoms with Gasteiger partial charge in [0.2, 0.25) is 17.7 Å². The molecule has 102 heavy (non-hydrogen) atoms. The molecule has 4 N–H and O–H groups in total. The van der Waals surface area contributed by atoms with Crippen molar-refractivity contribution in [1.82, 2.24) is 51.3 Å². The first-order valence-electron chi connectivity index (χ1n) is 32.1. The molecule has 4 aromatic rings. The Morgan fingerprint density at radius 1 is 0.480 bits per heavy atom. The van der Waals surface area contributed by atoms with E-state index in [1.807, 2.05) is 48.5 Å². The lowest BCUT2D eigenvalue weighted by molar-refractivity contribution is -0.308. The van der Waals surface area contributed by atoms with Crippen LogP contribution in [-0.4, -0.2) is 220 Å². The number of fused-ring (bicyclic) bond motifs is 3. The van der Waals surface area contributed by atoms with E-state index in [0.29, 0.717) is 0 Å². The van der Waals surface area contributed by atoms with Crippen molar-refractivity contribution in [2.45, 2.75) is 200 Å². The quantitative estimate of drug-likeness (QED) is 0.0382. The first kappa shape index (κ1) is 78.8. The van der Waals surface area contributed by atoms with E-state index < -0.39 is 189 Å². The largest absolute Gasteiger partial charge is 0.463 e. The standard InChI is InChI=1S/C65H82N10O27/c1-33(76)91-31-50-54(94-35(3)78)56(96-37(5)80)58(98-39(7)82)62(100-50)89-22-20-74-28-41(70-72-74)26-66-60(86)48(69-64(88)93-30-47-45-18-14-12-16-43(45)44-17-13-15-19-46(44)47)24-52(84)68-49(25-53(85)102-65(9,10)11)61(87)67-27-42-29-75(73-71-42)21-23-90-63-59(99-40(8)83)57(97-38(6)81)55(95-36(4)79)51(101-63)32-92-34(2)77/h12-19,28-29,47-51,54-59,62-63H,20-27,30-32H2,1-11H3,(H,66,86)(H,67,87)(H,68,84)(H,69,88)/t48-,49-,50+,51+,54+,55+,56-,57-,58-,59-,62-,63-/m0/s1. The zero-order chi connectivity index (χ0) is 74.5. The van der Waals surface area contributed by atoms with Crippen LogP contribution in [-0.2, 0) is 150 Å². The second-order valence-electron chi connectivity index (χ2n) is 24.4. The van der Waals surface area contributed by atoms with E-state index in [1.165, 1.54) is 21.8 Å². The van der Waals surface area contributed by atoms with Crippen LogP contribution in [0.4, 0.5) is 4.79 Å². The molecule has 2 saturated heterocycles. The molecule has 7 rings (SSSR count). The third-order valence-corrected chi connectivity index (χ3v) is 14.9. The van der Waals surface area contributed by atoms with E-state index in [4.69, 9.17) is 66.3 Å². The maximum absolute atomic E-state index is 14.3. The third-order valence-electron chi connectivity index (χ3n) is 14.9. The van der Waals surface area contributed by atoms with Gasteiger partial charge >= 0.3 is 59.8 Å². The Morgan fingerprint density at radius 3 is 1.27 bits per heavy atom. The molecule has 2 aromatic carbocycles. The predicted molar refractivity (Wildman–Crippen MR) is 339 cm³/mol. The van der Waals surface area contributed by atoms with Gasteiger partial charge in [-0.25, -0.2) is 14.2 Å². The van der Waals surface area contributed by atoms with Crippen LogP contribution in [0.1, 0.15) is 117 Å². The van der Waals surface area contributed by atoms with E-state index in [2.05, 4.69) is 41.9 Å². The van der Waals surface area contributed by atoms with Gasteiger partial charge in [0.05, 0.1) is 64.6 Å². The van der Waals surface area contributed by atoms with E-state index in [0.717, 1.165) is 77.6 Å². The van der Waals surface area contributed by atoms with E-state index in [1.54, 1.807) is 20.8 Å². The molecule has 2 fully saturated rings. The highest BCUT2D eigenvalue weighted by atomic mass is 16.7. The average molecular weight is 1440 g/mol. The summed E-state index contributed by atoms with van der Waals surface area (Å²) in [6, 6.07) is 11.8. The van der Waals surface area contributed by atoms with Crippen molar-refractivity contribution in [3.63, 3.8) is 0 Å². The number of carbonyl (C=O) groups is 13. The minimum Gasteiger partial charge on any atom is -0.463 e. The summed E-state index contributed by atoms with van der Waals surface area (Å²) in [6.45, 7) is 10.9. The molecule has 0 radical (unpaired) electrons. The molecule has 37 nitrogen and oxygen atoms in total. The Balaban J connectivity index is 1.03. The van der Waals surface area contributed by atoms with Gasteiger partial charge in [-0.05, 0) is 43.0 Å². The van der Waals surface area contributed by atoms with Crippen LogP contribution in [0, 0.1) is 0 Å². The number of esters is 9. The average Bonchev–Trinajstić information content (AvgIpc) is 1.46. The number of hydrogen-bond acceptors (Lipinski definition) is 31. The highest BCUT2D eigenvalue weighted by Gasteiger charge is 2.54. The second-order valence-corrected chi connectivity index (χ2v) is 24.4. The Hall–Kier alpha value is -10.5. The van der Waals surface area contributed by atoms with Crippen molar-refractivity contribution in [1.29, 1.82) is 0 Å². The van der Waals surface area contributed by atoms with Crippen LogP contribution in [0.3, 0.4) is 0 Å². The fourth-order valence-electron chi connectivity index (χ4n) is 11.0. The predicted octanol–water partition coefficient (Wildman–Crippen LogP) is 0.516. The minimum atomic E-state index is -1.72. The van der Waals surface area contributed by atoms with Gasteiger partial charge in [0.1, 0.15) is 61.1 Å². The zero-order valence-electron chi connectivity index (χ0n) is 57.8. The van der Waals surface area contributed by atoms with Gasteiger partial charge in [-0.3, -0.25) is 57.5 Å². The Bertz CT molecular complexity index is 3640. The summed E-state index contributed by atoms with van der Waals surface area (Å²) in [5.41, 5.74) is 2.91. The SMILES string of the molecule is CC(=O)OC[C@H]1O[C@H](OCCn2cc(CNC(=O)[C@H](CC(=O)OC(C)(C)C)NC(=O)C[C@H](NC(=O)OCC3c4ccccc4-c4ccccc43)C(=O)NCc3cn(CCO[C@H]4O[C@H](COC(C)=O)[C@@H](OC(C)=O)[C@H](OC(C)=O)[C@@H]4OC(C)=O)nn3)nn2)[C@@H](OC(C)=O)[C@@H](OC(C)=O)[C@@H]1OC(C)=O. The smallest absolute Gasteiger partial charge is 0.407 e. The number of aromatic nitrogens is 6. The fraction of sp³-hybridized carbons (Fsp3) is 0.554. The molecule has 0 spiro atoms. The molecular weight excluding hydrogens is 1350 g/mol. The number of carbonyl (C=O) groups excluding carboxylic acids is 13. The molecule has 554 valence electrons. The monoisotopic (exact) mass is 1430 g/mol. The van der Waals surface area contributed by atoms with Crippen molar-refractivity contribution in [2.75, 3.05) is 33.0 Å². The highest BCUT2D eigenvalue weighted by Crippen LogP contribution is 2.44. The molecule has 3 aliphatic rings. The number of nitrogens with one attached hydrogen (secondary N) is 4. The molecule has 0 saturated carbocycles. The fourth-order valence-corrected chi connectivity index (χ4v) is 11.0. The zero-order valence-corrected chi connectivity index (χ0v) is 57.8. The summed E-state index contributed by atoms with van der Waals surface area (Å²) in [4.78, 5) is 167. The maximum Gasteiger partial charge on any atom is 0.407 e. The molecule has 37 heteroatoms. The third kappa shape index (κ3) is 23.8. The molecule has 2 aliphatic heterocycles. The van der Waals surface area contributed by atoms with Gasteiger partial charge in [0.15, 0.2) is 49.2 Å². The summed E-state index contributed by atoms with van der Waals surface area (Å²) >= 11 is 0. The normalized spacial score (nSPS) is 21.1. The Kier molecular flexibility index (Phi) is 28.4. The van der Waals surface area contributed by atoms with Crippen molar-refractivity contribution in [2.24, 2.45) is 0 Å². The molecule has 0 bridgehead atoms. The molecular formula is C65H82N10O27. The van der Waals surface area contributed by atoms with Crippen LogP contribution < -0.4 is 21.3 Å². The number of nitrogens with zero attached hydrogens (tertiary/aromatic N) is 6. The summed E-state index contributed by atoms with van der Waals surface area (Å²) in [5, 5.41) is 26.4. The van der Waals surface area contributed by atoms with E-state index in [9.17, 15) is 62.3 Å². The minimum absolute atomic E-state index is 0.0765. The molecule has 2 aromatic heterocycles. The molecule has 4 heterocycles. The van der Waals surface area contributed by atoms with Gasteiger partial charge in [-0.2, -0.15) is 0 Å². The first-order valence-corrected chi connectivity index (χ1v) is 32.1. The van der Waals surface area contributed by atoms with Gasteiger partial charge in [0, 0.05) is 61.3 Å². The van der Waals surface area contributed by atoms with Crippen LogP contribution in [0.25, 0.3) is 11.1 Å². The number of ether oxygens (including phenoxy) is 14. The molecule has 1 aliphatic carbocycles. The summed E-state index contributed by atoms with van der Waals surface area (Å²) in [6.07, 6.45) is -14.2. The van der Waals surface area contributed by atoms with Gasteiger partial charge in [-0.15, -0.1) is 10.2 Å². The lowest BCUT2D eigenvalue weighted by atomic mass is 9.98. The molecule has 4 amide bonds. The lowest BCUT2D eigenvalue weighted by Crippen LogP contribution is -2.63. The second kappa shape index (κ2) is 36.7. The van der Waals surface area contributed by atoms with Crippen LogP contribution in [0.15, 0.2) is 60.9 Å². The van der Waals surface area contributed by atoms with Gasteiger partial charge in [-0.1, -0.05) is 59.0 Å². The van der Waals surface area contributed by atoms with E-state index >= 15 is 0 Å². The molecule has 0 unspecified atom stereocenters. The summed E-state index contributed by atoms with van der Waals surface area (Å²) in [5.74, 6) is -10.7. The van der Waals surface area contributed by atoms with Gasteiger partial charge in [0.25, 0.3) is 0 Å². The van der Waals surface area contributed by atoms with E-state index in [-0.39, 0.29) is 57.4 Å².